The molecular weight excluding hydrogens is 490 g/mol. The van der Waals surface area contributed by atoms with Crippen LogP contribution in [-0.4, -0.2) is 56.2 Å². The molecule has 1 aliphatic heterocycles. The summed E-state index contributed by atoms with van der Waals surface area (Å²) < 4.78 is 19.5. The number of imidazole rings is 1. The summed E-state index contributed by atoms with van der Waals surface area (Å²) >= 11 is 5.98. The highest BCUT2D eigenvalue weighted by molar-refractivity contribution is 6.28. The lowest BCUT2D eigenvalue weighted by Crippen LogP contribution is -2.59. The molecule has 1 aromatic carbocycles. The molecule has 1 fully saturated rings. The fourth-order valence-corrected chi connectivity index (χ4v) is 4.36. The molecule has 3 heterocycles. The van der Waals surface area contributed by atoms with Crippen molar-refractivity contribution < 1.29 is 19.0 Å². The van der Waals surface area contributed by atoms with Crippen LogP contribution in [0.1, 0.15) is 31.6 Å². The van der Waals surface area contributed by atoms with Crippen LogP contribution in [0.3, 0.4) is 0 Å². The van der Waals surface area contributed by atoms with Gasteiger partial charge in [0.15, 0.2) is 17.3 Å². The molecule has 3 unspecified atom stereocenters. The lowest BCUT2D eigenvalue weighted by Gasteiger charge is -2.33. The van der Waals surface area contributed by atoms with Gasteiger partial charge in [0.25, 0.3) is 0 Å². The van der Waals surface area contributed by atoms with E-state index in [-0.39, 0.29) is 42.7 Å². The maximum atomic E-state index is 13.2. The van der Waals surface area contributed by atoms with Crippen LogP contribution in [0, 0.1) is 0 Å². The van der Waals surface area contributed by atoms with Crippen LogP contribution in [0.15, 0.2) is 41.8 Å². The van der Waals surface area contributed by atoms with Gasteiger partial charge in [-0.15, -0.1) is 0 Å². The molecule has 3 atom stereocenters. The second-order valence-corrected chi connectivity index (χ2v) is 8.47. The number of amidine groups is 1. The van der Waals surface area contributed by atoms with Crippen molar-refractivity contribution in [3.8, 4) is 0 Å². The Morgan fingerprint density at radius 1 is 1.33 bits per heavy atom. The molecule has 0 bridgehead atoms. The number of hydrazine groups is 1. The normalized spacial score (nSPS) is 19.8. The van der Waals surface area contributed by atoms with Crippen LogP contribution in [0.4, 0.5) is 5.82 Å². The van der Waals surface area contributed by atoms with Gasteiger partial charge in [-0.05, 0) is 36.9 Å². The van der Waals surface area contributed by atoms with E-state index in [0.29, 0.717) is 24.0 Å². The second-order valence-electron chi connectivity index (χ2n) is 8.13. The number of hydrogen-bond donors (Lipinski definition) is 4. The SMILES string of the molecule is CCOC(=O)C(Cc1ccccc1)(OCC1CCC(n2cnc3c(N)nc(Cl)nc32)O1)/C(=N/N)NN. The first kappa shape index (κ1) is 25.6. The number of hydrazone groups is 1. The predicted molar refractivity (Wildman–Crippen MR) is 132 cm³/mol. The van der Waals surface area contributed by atoms with E-state index < -0.39 is 17.8 Å². The number of anilines is 1. The minimum Gasteiger partial charge on any atom is -0.463 e. The number of benzene rings is 1. The van der Waals surface area contributed by atoms with Crippen LogP contribution in [-0.2, 0) is 25.4 Å². The monoisotopic (exact) mass is 517 g/mol. The van der Waals surface area contributed by atoms with E-state index in [4.69, 9.17) is 43.2 Å². The number of ether oxygens (including phenoxy) is 3. The fraction of sp³-hybridized carbons (Fsp3) is 0.409. The number of nitrogen functional groups attached to an aromatic ring is 1. The van der Waals surface area contributed by atoms with Crippen molar-refractivity contribution in [2.45, 2.75) is 44.1 Å². The second kappa shape index (κ2) is 11.0. The number of aromatic nitrogens is 4. The zero-order chi connectivity index (χ0) is 25.7. The van der Waals surface area contributed by atoms with Gasteiger partial charge in [0.05, 0.1) is 25.6 Å². The van der Waals surface area contributed by atoms with Gasteiger partial charge in [-0.25, -0.2) is 15.6 Å². The van der Waals surface area contributed by atoms with Crippen LogP contribution < -0.4 is 22.8 Å². The summed E-state index contributed by atoms with van der Waals surface area (Å²) in [7, 11) is 0. The van der Waals surface area contributed by atoms with Crippen molar-refractivity contribution in [2.75, 3.05) is 18.9 Å². The summed E-state index contributed by atoms with van der Waals surface area (Å²) in [6, 6.07) is 9.28. The van der Waals surface area contributed by atoms with Crippen LogP contribution >= 0.6 is 11.6 Å². The van der Waals surface area contributed by atoms with Gasteiger partial charge in [0, 0.05) is 6.42 Å². The van der Waals surface area contributed by atoms with Crippen molar-refractivity contribution in [1.29, 1.82) is 0 Å². The fourth-order valence-electron chi connectivity index (χ4n) is 4.19. The molecule has 0 amide bonds. The number of nitrogens with one attached hydrogen (secondary N) is 1. The molecule has 36 heavy (non-hydrogen) atoms. The molecule has 13 nitrogen and oxygen atoms in total. The molecule has 0 saturated carbocycles. The van der Waals surface area contributed by atoms with Crippen LogP contribution in [0.5, 0.6) is 0 Å². The number of halogens is 1. The molecule has 3 aromatic rings. The summed E-state index contributed by atoms with van der Waals surface area (Å²) in [6.07, 6.45) is 2.17. The van der Waals surface area contributed by atoms with E-state index >= 15 is 0 Å². The molecule has 14 heteroatoms. The summed E-state index contributed by atoms with van der Waals surface area (Å²) in [5, 5.41) is 3.71. The molecule has 192 valence electrons. The van der Waals surface area contributed by atoms with E-state index in [2.05, 4.69) is 25.5 Å². The molecule has 0 aliphatic carbocycles. The number of nitrogens with two attached hydrogens (primary N) is 3. The number of hydrogen-bond acceptors (Lipinski definition) is 11. The third-order valence-corrected chi connectivity index (χ3v) is 6.05. The molecule has 0 spiro atoms. The molecule has 2 aromatic heterocycles. The Kier molecular flexibility index (Phi) is 7.84. The number of carbonyl (C=O) groups is 1. The summed E-state index contributed by atoms with van der Waals surface area (Å²) in [4.78, 5) is 25.7. The average Bonchev–Trinajstić information content (AvgIpc) is 3.51. The highest BCUT2D eigenvalue weighted by Gasteiger charge is 2.48. The van der Waals surface area contributed by atoms with Crippen molar-refractivity contribution >= 4 is 40.4 Å². The van der Waals surface area contributed by atoms with E-state index in [1.807, 2.05) is 30.3 Å². The number of nitrogens with zero attached hydrogens (tertiary/aromatic N) is 5. The first-order valence-electron chi connectivity index (χ1n) is 11.3. The maximum Gasteiger partial charge on any atom is 0.346 e. The van der Waals surface area contributed by atoms with Gasteiger partial charge < -0.3 is 31.2 Å². The number of fused-ring (bicyclic) bond motifs is 1. The first-order chi connectivity index (χ1) is 17.4. The van der Waals surface area contributed by atoms with Gasteiger partial charge in [-0.1, -0.05) is 30.3 Å². The Labute approximate surface area is 211 Å². The van der Waals surface area contributed by atoms with Crippen molar-refractivity contribution in [2.24, 2.45) is 16.8 Å². The zero-order valence-electron chi connectivity index (χ0n) is 19.6. The third-order valence-electron chi connectivity index (χ3n) is 5.88. The quantitative estimate of drug-likeness (QED) is 0.0791. The van der Waals surface area contributed by atoms with E-state index in [1.165, 1.54) is 0 Å². The Hall–Kier alpha value is -3.52. The highest BCUT2D eigenvalue weighted by Crippen LogP contribution is 2.33. The number of esters is 1. The zero-order valence-corrected chi connectivity index (χ0v) is 20.4. The Morgan fingerprint density at radius 2 is 2.11 bits per heavy atom. The first-order valence-corrected chi connectivity index (χ1v) is 11.7. The lowest BCUT2D eigenvalue weighted by molar-refractivity contribution is -0.167. The molecule has 0 radical (unpaired) electrons. The van der Waals surface area contributed by atoms with Gasteiger partial charge in [0.2, 0.25) is 10.9 Å². The topological polar surface area (TPSA) is 191 Å². The Bertz CT molecular complexity index is 1240. The molecule has 4 rings (SSSR count). The maximum absolute atomic E-state index is 13.2. The average molecular weight is 518 g/mol. The molecule has 1 saturated heterocycles. The van der Waals surface area contributed by atoms with Gasteiger partial charge in [-0.2, -0.15) is 15.1 Å². The third kappa shape index (κ3) is 5.04. The summed E-state index contributed by atoms with van der Waals surface area (Å²) in [6.45, 7) is 1.86. The number of rotatable bonds is 9. The smallest absolute Gasteiger partial charge is 0.346 e. The highest BCUT2D eigenvalue weighted by atomic mass is 35.5. The van der Waals surface area contributed by atoms with Gasteiger partial charge in [-0.3, -0.25) is 4.57 Å². The lowest BCUT2D eigenvalue weighted by atomic mass is 9.92. The standard InChI is InChI=1S/C22H28ClN9O4/c1-2-34-20(33)22(19(30-25)31-26,10-13-6-4-3-5-7-13)35-11-14-8-9-15(36-14)32-12-27-16-17(24)28-21(23)29-18(16)32/h3-7,12,14-15H,2,8-11,25-26H2,1H3,(H,30,31)(H2,24,28,29). The van der Waals surface area contributed by atoms with Gasteiger partial charge in [0.1, 0.15) is 11.7 Å². The predicted octanol–water partition coefficient (Wildman–Crippen LogP) is 1.04. The summed E-state index contributed by atoms with van der Waals surface area (Å²) in [5.41, 5.74) is 8.30. The van der Waals surface area contributed by atoms with Crippen molar-refractivity contribution in [3.05, 3.63) is 47.5 Å². The van der Waals surface area contributed by atoms with Crippen LogP contribution in [0.2, 0.25) is 5.28 Å². The van der Waals surface area contributed by atoms with E-state index in [1.54, 1.807) is 17.8 Å². The van der Waals surface area contributed by atoms with E-state index in [0.717, 1.165) is 5.56 Å². The van der Waals surface area contributed by atoms with E-state index in [9.17, 15) is 4.79 Å². The van der Waals surface area contributed by atoms with Crippen molar-refractivity contribution in [1.82, 2.24) is 24.9 Å². The largest absolute Gasteiger partial charge is 0.463 e. The van der Waals surface area contributed by atoms with Gasteiger partial charge >= 0.3 is 5.97 Å². The Morgan fingerprint density at radius 3 is 2.81 bits per heavy atom. The molecular formula is C22H28ClN9O4. The van der Waals surface area contributed by atoms with Crippen molar-refractivity contribution in [3.63, 3.8) is 0 Å². The minimum absolute atomic E-state index is 0.0163. The number of carbonyl (C=O) groups excluding carboxylic acids is 1. The van der Waals surface area contributed by atoms with Crippen LogP contribution in [0.25, 0.3) is 11.2 Å². The Balaban J connectivity index is 1.56. The molecule has 7 N–H and O–H groups in total. The molecule has 1 aliphatic rings. The summed E-state index contributed by atoms with van der Waals surface area (Å²) in [5.74, 6) is 10.7. The minimum atomic E-state index is -1.71.